The zero-order valence-corrected chi connectivity index (χ0v) is 7.74. The van der Waals surface area contributed by atoms with E-state index in [2.05, 4.69) is 0 Å². The highest BCUT2D eigenvalue weighted by Gasteiger charge is 2.11. The second-order valence-electron chi connectivity index (χ2n) is 2.37. The van der Waals surface area contributed by atoms with Gasteiger partial charge < -0.3 is 0 Å². The van der Waals surface area contributed by atoms with E-state index in [-0.39, 0.29) is 11.3 Å². The molecule has 0 aliphatic carbocycles. The molecule has 0 N–H and O–H groups in total. The van der Waals surface area contributed by atoms with Crippen LogP contribution in [0.5, 0.6) is 0 Å². The molecule has 0 unspecified atom stereocenters. The highest BCUT2D eigenvalue weighted by molar-refractivity contribution is 7.98. The van der Waals surface area contributed by atoms with Gasteiger partial charge in [-0.25, -0.2) is 4.39 Å². The topological polar surface area (TPSA) is 17.1 Å². The summed E-state index contributed by atoms with van der Waals surface area (Å²) in [5, 5.41) is 0. The van der Waals surface area contributed by atoms with Crippen LogP contribution in [0.3, 0.4) is 0 Å². The zero-order chi connectivity index (χ0) is 9.14. The molecule has 1 aromatic rings. The molecular weight excluding hydrogens is 175 g/mol. The van der Waals surface area contributed by atoms with Crippen molar-refractivity contribution >= 4 is 17.5 Å². The van der Waals surface area contributed by atoms with Gasteiger partial charge >= 0.3 is 0 Å². The Hall–Kier alpha value is -0.830. The van der Waals surface area contributed by atoms with E-state index in [1.165, 1.54) is 24.8 Å². The normalized spacial score (nSPS) is 9.92. The van der Waals surface area contributed by atoms with Crippen molar-refractivity contribution in [3.05, 3.63) is 29.6 Å². The fourth-order valence-electron chi connectivity index (χ4n) is 1.02. The molecule has 0 fully saturated rings. The van der Waals surface area contributed by atoms with Crippen LogP contribution in [0, 0.1) is 5.82 Å². The molecule has 0 heterocycles. The molecule has 3 heteroatoms. The molecule has 0 saturated heterocycles. The number of benzene rings is 1. The molecule has 0 amide bonds. The number of carbonyl (C=O) groups excluding carboxylic acids is 1. The SMILES string of the molecule is CSc1cccc(F)c1C(C)=O. The largest absolute Gasteiger partial charge is 0.294 e. The maximum absolute atomic E-state index is 13.1. The molecule has 64 valence electrons. The van der Waals surface area contributed by atoms with Gasteiger partial charge in [-0.15, -0.1) is 11.8 Å². The molecule has 1 rings (SSSR count). The van der Waals surface area contributed by atoms with E-state index in [9.17, 15) is 9.18 Å². The summed E-state index contributed by atoms with van der Waals surface area (Å²) in [6.45, 7) is 1.37. The second-order valence-corrected chi connectivity index (χ2v) is 3.22. The molecule has 0 bridgehead atoms. The van der Waals surface area contributed by atoms with Crippen molar-refractivity contribution in [1.82, 2.24) is 0 Å². The van der Waals surface area contributed by atoms with Gasteiger partial charge in [0.1, 0.15) is 5.82 Å². The van der Waals surface area contributed by atoms with Crippen LogP contribution in [0.2, 0.25) is 0 Å². The van der Waals surface area contributed by atoms with Crippen LogP contribution < -0.4 is 0 Å². The Bertz CT molecular complexity index is 309. The number of thioether (sulfide) groups is 1. The van der Waals surface area contributed by atoms with Gasteiger partial charge in [0.15, 0.2) is 5.78 Å². The average molecular weight is 184 g/mol. The summed E-state index contributed by atoms with van der Waals surface area (Å²) < 4.78 is 13.1. The molecule has 0 spiro atoms. The van der Waals surface area contributed by atoms with E-state index in [1.54, 1.807) is 12.1 Å². The molecule has 0 aliphatic rings. The van der Waals surface area contributed by atoms with Gasteiger partial charge in [-0.1, -0.05) is 6.07 Å². The number of halogens is 1. The molecule has 12 heavy (non-hydrogen) atoms. The highest BCUT2D eigenvalue weighted by atomic mass is 32.2. The van der Waals surface area contributed by atoms with E-state index in [0.717, 1.165) is 0 Å². The average Bonchev–Trinajstić information content (AvgIpc) is 2.03. The van der Waals surface area contributed by atoms with Crippen LogP contribution in [0.4, 0.5) is 4.39 Å². The number of carbonyl (C=O) groups is 1. The monoisotopic (exact) mass is 184 g/mol. The Balaban J connectivity index is 3.29. The summed E-state index contributed by atoms with van der Waals surface area (Å²) in [5.74, 6) is -0.660. The summed E-state index contributed by atoms with van der Waals surface area (Å²) in [6.07, 6.45) is 1.82. The summed E-state index contributed by atoms with van der Waals surface area (Å²) in [7, 11) is 0. The molecule has 0 aromatic heterocycles. The van der Waals surface area contributed by atoms with Crippen molar-refractivity contribution in [1.29, 1.82) is 0 Å². The van der Waals surface area contributed by atoms with E-state index < -0.39 is 5.82 Å². The minimum Gasteiger partial charge on any atom is -0.294 e. The van der Waals surface area contributed by atoms with Crippen molar-refractivity contribution in [3.8, 4) is 0 Å². The molecule has 1 nitrogen and oxygen atoms in total. The Morgan fingerprint density at radius 1 is 1.50 bits per heavy atom. The van der Waals surface area contributed by atoms with Crippen LogP contribution in [0.25, 0.3) is 0 Å². The van der Waals surface area contributed by atoms with E-state index in [1.807, 2.05) is 6.26 Å². The van der Waals surface area contributed by atoms with Crippen molar-refractivity contribution in [2.75, 3.05) is 6.26 Å². The molecule has 0 saturated carbocycles. The number of hydrogen-bond donors (Lipinski definition) is 0. The number of rotatable bonds is 2. The summed E-state index contributed by atoms with van der Waals surface area (Å²) in [6, 6.07) is 4.65. The lowest BCUT2D eigenvalue weighted by atomic mass is 10.1. The van der Waals surface area contributed by atoms with Gasteiger partial charge in [-0.2, -0.15) is 0 Å². The fourth-order valence-corrected chi connectivity index (χ4v) is 1.68. The first-order valence-electron chi connectivity index (χ1n) is 3.50. The first kappa shape index (κ1) is 9.26. The van der Waals surface area contributed by atoms with Gasteiger partial charge in [0.05, 0.1) is 5.56 Å². The molecule has 0 radical (unpaired) electrons. The Kier molecular flexibility index (Phi) is 2.87. The van der Waals surface area contributed by atoms with Crippen LogP contribution in [-0.2, 0) is 0 Å². The Labute approximate surface area is 75.0 Å². The van der Waals surface area contributed by atoms with Gasteiger partial charge in [-0.05, 0) is 25.3 Å². The first-order valence-corrected chi connectivity index (χ1v) is 4.72. The third-order valence-corrected chi connectivity index (χ3v) is 2.33. The molecule has 0 atom stereocenters. The van der Waals surface area contributed by atoms with E-state index in [0.29, 0.717) is 4.90 Å². The fraction of sp³-hybridized carbons (Fsp3) is 0.222. The standard InChI is InChI=1S/C9H9FOS/c1-6(11)9-7(10)4-3-5-8(9)12-2/h3-5H,1-2H3. The predicted octanol–water partition coefficient (Wildman–Crippen LogP) is 2.75. The lowest BCUT2D eigenvalue weighted by molar-refractivity contribution is 0.101. The van der Waals surface area contributed by atoms with Crippen LogP contribution >= 0.6 is 11.8 Å². The first-order chi connectivity index (χ1) is 5.66. The molecule has 0 aliphatic heterocycles. The predicted molar refractivity (Wildman–Crippen MR) is 48.2 cm³/mol. The number of Topliss-reactive ketones (excluding diaryl/α,β-unsaturated/α-hetero) is 1. The highest BCUT2D eigenvalue weighted by Crippen LogP contribution is 2.22. The number of ketones is 1. The van der Waals surface area contributed by atoms with Crippen molar-refractivity contribution in [2.24, 2.45) is 0 Å². The minimum absolute atomic E-state index is 0.199. The van der Waals surface area contributed by atoms with E-state index >= 15 is 0 Å². The smallest absolute Gasteiger partial charge is 0.163 e. The summed E-state index contributed by atoms with van der Waals surface area (Å²) in [5.41, 5.74) is 0.199. The van der Waals surface area contributed by atoms with Crippen molar-refractivity contribution in [2.45, 2.75) is 11.8 Å². The Morgan fingerprint density at radius 2 is 2.17 bits per heavy atom. The maximum Gasteiger partial charge on any atom is 0.163 e. The third-order valence-electron chi connectivity index (χ3n) is 1.55. The molecular formula is C9H9FOS. The van der Waals surface area contributed by atoms with Crippen molar-refractivity contribution in [3.63, 3.8) is 0 Å². The van der Waals surface area contributed by atoms with Crippen LogP contribution in [0.15, 0.2) is 23.1 Å². The maximum atomic E-state index is 13.1. The van der Waals surface area contributed by atoms with Gasteiger partial charge in [0.2, 0.25) is 0 Å². The second kappa shape index (κ2) is 3.72. The van der Waals surface area contributed by atoms with Crippen LogP contribution in [-0.4, -0.2) is 12.0 Å². The lowest BCUT2D eigenvalue weighted by Crippen LogP contribution is -1.98. The third kappa shape index (κ3) is 1.67. The lowest BCUT2D eigenvalue weighted by Gasteiger charge is -2.03. The number of hydrogen-bond acceptors (Lipinski definition) is 2. The summed E-state index contributed by atoms with van der Waals surface area (Å²) in [4.78, 5) is 11.7. The zero-order valence-electron chi connectivity index (χ0n) is 6.93. The van der Waals surface area contributed by atoms with Gasteiger partial charge in [-0.3, -0.25) is 4.79 Å². The van der Waals surface area contributed by atoms with Gasteiger partial charge in [0, 0.05) is 4.90 Å². The minimum atomic E-state index is -0.436. The Morgan fingerprint density at radius 3 is 2.58 bits per heavy atom. The quantitative estimate of drug-likeness (QED) is 0.519. The van der Waals surface area contributed by atoms with Crippen molar-refractivity contribution < 1.29 is 9.18 Å². The van der Waals surface area contributed by atoms with E-state index in [4.69, 9.17) is 0 Å². The summed E-state index contributed by atoms with van der Waals surface area (Å²) >= 11 is 1.38. The van der Waals surface area contributed by atoms with Crippen LogP contribution in [0.1, 0.15) is 17.3 Å². The van der Waals surface area contributed by atoms with Gasteiger partial charge in [0.25, 0.3) is 0 Å². The molecule has 1 aromatic carbocycles.